The molecule has 0 saturated carbocycles. The molecule has 0 saturated heterocycles. The topological polar surface area (TPSA) is 102 Å². The number of rotatable bonds is 8. The minimum absolute atomic E-state index is 0.0136. The van der Waals surface area contributed by atoms with Crippen molar-refractivity contribution in [3.63, 3.8) is 0 Å². The molecule has 0 bridgehead atoms. The van der Waals surface area contributed by atoms with Crippen molar-refractivity contribution in [2.75, 3.05) is 5.32 Å². The molecule has 0 fully saturated rings. The van der Waals surface area contributed by atoms with Gasteiger partial charge in [-0.2, -0.15) is 0 Å². The van der Waals surface area contributed by atoms with E-state index in [9.17, 15) is 13.2 Å². The van der Waals surface area contributed by atoms with Crippen molar-refractivity contribution in [3.05, 3.63) is 65.5 Å². The molecule has 7 nitrogen and oxygen atoms in total. The van der Waals surface area contributed by atoms with E-state index in [2.05, 4.69) is 29.4 Å². The van der Waals surface area contributed by atoms with Gasteiger partial charge in [0.1, 0.15) is 0 Å². The molecule has 31 heavy (non-hydrogen) atoms. The summed E-state index contributed by atoms with van der Waals surface area (Å²) in [6, 6.07) is 13.9. The molecule has 9 heteroatoms. The zero-order valence-corrected chi connectivity index (χ0v) is 19.5. The molecule has 0 atom stereocenters. The monoisotopic (exact) mass is 459 g/mol. The summed E-state index contributed by atoms with van der Waals surface area (Å²) >= 11 is 1.72. The number of carbonyl (C=O) groups is 1. The van der Waals surface area contributed by atoms with Gasteiger partial charge in [-0.3, -0.25) is 10.1 Å². The van der Waals surface area contributed by atoms with E-state index in [0.29, 0.717) is 23.1 Å². The van der Waals surface area contributed by atoms with Gasteiger partial charge in [0.25, 0.3) is 5.91 Å². The molecule has 1 aromatic heterocycles. The summed E-state index contributed by atoms with van der Waals surface area (Å²) in [5.41, 5.74) is 1.32. The lowest BCUT2D eigenvalue weighted by Gasteiger charge is -2.08. The lowest BCUT2D eigenvalue weighted by molar-refractivity contribution is 0.102. The molecule has 2 aromatic carbocycles. The second-order valence-electron chi connectivity index (χ2n) is 7.56. The summed E-state index contributed by atoms with van der Waals surface area (Å²) in [6.45, 7) is 7.52. The van der Waals surface area contributed by atoms with Crippen molar-refractivity contribution in [1.29, 1.82) is 0 Å². The minimum atomic E-state index is -3.31. The SMILES string of the molecule is CC(C)Sc1ccc(C(=O)Nc2nnc(Cc3ccc(S(=O)(=O)C(C)C)cc3)o2)cc1. The highest BCUT2D eigenvalue weighted by atomic mass is 32.2. The van der Waals surface area contributed by atoms with Crippen molar-refractivity contribution in [2.45, 2.75) is 54.4 Å². The Kier molecular flexibility index (Phi) is 7.17. The molecule has 1 N–H and O–H groups in total. The molecule has 0 aliphatic carbocycles. The summed E-state index contributed by atoms with van der Waals surface area (Å²) in [5.74, 6) is -0.0158. The Balaban J connectivity index is 1.62. The number of hydrogen-bond acceptors (Lipinski definition) is 7. The Labute approximate surface area is 186 Å². The van der Waals surface area contributed by atoms with E-state index in [4.69, 9.17) is 4.42 Å². The number of amides is 1. The van der Waals surface area contributed by atoms with E-state index in [-0.39, 0.29) is 16.8 Å². The molecule has 0 unspecified atom stereocenters. The Bertz CT molecular complexity index is 1140. The number of aromatic nitrogens is 2. The average Bonchev–Trinajstić information content (AvgIpc) is 3.15. The molecule has 3 rings (SSSR count). The van der Waals surface area contributed by atoms with Gasteiger partial charge in [0.15, 0.2) is 9.84 Å². The highest BCUT2D eigenvalue weighted by molar-refractivity contribution is 7.99. The third-order valence-corrected chi connectivity index (χ3v) is 7.59. The van der Waals surface area contributed by atoms with Crippen molar-refractivity contribution >= 4 is 33.5 Å². The van der Waals surface area contributed by atoms with Gasteiger partial charge in [0.2, 0.25) is 5.89 Å². The van der Waals surface area contributed by atoms with E-state index in [1.807, 2.05) is 12.1 Å². The lowest BCUT2D eigenvalue weighted by Crippen LogP contribution is -2.13. The number of thioether (sulfide) groups is 1. The second kappa shape index (κ2) is 9.65. The van der Waals surface area contributed by atoms with E-state index < -0.39 is 15.1 Å². The van der Waals surface area contributed by atoms with Gasteiger partial charge < -0.3 is 4.42 Å². The molecule has 1 heterocycles. The number of anilines is 1. The van der Waals surface area contributed by atoms with Crippen molar-refractivity contribution in [1.82, 2.24) is 10.2 Å². The molecule has 0 aliphatic rings. The van der Waals surface area contributed by atoms with Crippen LogP contribution in [0.1, 0.15) is 49.5 Å². The summed E-state index contributed by atoms with van der Waals surface area (Å²) in [4.78, 5) is 13.8. The Hall–Kier alpha value is -2.65. The number of sulfone groups is 1. The minimum Gasteiger partial charge on any atom is -0.407 e. The molecule has 0 aliphatic heterocycles. The van der Waals surface area contributed by atoms with Crippen molar-refractivity contribution < 1.29 is 17.6 Å². The van der Waals surface area contributed by atoms with E-state index in [1.54, 1.807) is 62.0 Å². The van der Waals surface area contributed by atoms with Gasteiger partial charge in [-0.15, -0.1) is 16.9 Å². The van der Waals surface area contributed by atoms with Crippen LogP contribution in [0.4, 0.5) is 6.01 Å². The smallest absolute Gasteiger partial charge is 0.322 e. The molecule has 0 spiro atoms. The number of carbonyl (C=O) groups excluding carboxylic acids is 1. The Morgan fingerprint density at radius 1 is 1.00 bits per heavy atom. The zero-order chi connectivity index (χ0) is 22.6. The van der Waals surface area contributed by atoms with Gasteiger partial charge in [-0.1, -0.05) is 31.1 Å². The first-order chi connectivity index (χ1) is 14.6. The summed E-state index contributed by atoms with van der Waals surface area (Å²) < 4.78 is 29.9. The zero-order valence-electron chi connectivity index (χ0n) is 17.8. The number of nitrogens with one attached hydrogen (secondary N) is 1. The second-order valence-corrected chi connectivity index (χ2v) is 11.7. The van der Waals surface area contributed by atoms with Crippen LogP contribution in [0.3, 0.4) is 0 Å². The van der Waals surface area contributed by atoms with E-state index in [0.717, 1.165) is 10.5 Å². The van der Waals surface area contributed by atoms with Crippen LogP contribution in [-0.4, -0.2) is 35.0 Å². The summed E-state index contributed by atoms with van der Waals surface area (Å²) in [6.07, 6.45) is 0.325. The fourth-order valence-electron chi connectivity index (χ4n) is 2.75. The molecule has 3 aromatic rings. The van der Waals surface area contributed by atoms with Crippen LogP contribution < -0.4 is 5.32 Å². The van der Waals surface area contributed by atoms with Crippen molar-refractivity contribution in [2.24, 2.45) is 0 Å². The largest absolute Gasteiger partial charge is 0.407 e. The summed E-state index contributed by atoms with van der Waals surface area (Å²) in [5, 5.41) is 10.4. The van der Waals surface area contributed by atoms with Crippen LogP contribution in [0.15, 0.2) is 62.7 Å². The molecular formula is C22H25N3O4S2. The number of hydrogen-bond donors (Lipinski definition) is 1. The summed E-state index contributed by atoms with van der Waals surface area (Å²) in [7, 11) is -3.31. The molecule has 1 amide bonds. The first-order valence-corrected chi connectivity index (χ1v) is 12.3. The van der Waals surface area contributed by atoms with Crippen LogP contribution in [0.25, 0.3) is 0 Å². The first-order valence-electron chi connectivity index (χ1n) is 9.88. The predicted octanol–water partition coefficient (Wildman–Crippen LogP) is 4.60. The van der Waals surface area contributed by atoms with Gasteiger partial charge in [0.05, 0.1) is 16.6 Å². The lowest BCUT2D eigenvalue weighted by atomic mass is 10.1. The first kappa shape index (κ1) is 23.0. The fourth-order valence-corrected chi connectivity index (χ4v) is 4.64. The van der Waals surface area contributed by atoms with Crippen LogP contribution in [0, 0.1) is 0 Å². The third-order valence-electron chi connectivity index (χ3n) is 4.40. The highest BCUT2D eigenvalue weighted by Gasteiger charge is 2.19. The maximum Gasteiger partial charge on any atom is 0.322 e. The number of benzene rings is 2. The predicted molar refractivity (Wildman–Crippen MR) is 121 cm³/mol. The van der Waals surface area contributed by atoms with Gasteiger partial charge in [-0.25, -0.2) is 8.42 Å². The maximum atomic E-state index is 12.4. The van der Waals surface area contributed by atoms with Crippen molar-refractivity contribution in [3.8, 4) is 0 Å². The maximum absolute atomic E-state index is 12.4. The molecule has 0 radical (unpaired) electrons. The van der Waals surface area contributed by atoms with Gasteiger partial charge >= 0.3 is 6.01 Å². The standard InChI is InChI=1S/C22H25N3O4S2/c1-14(2)30-18-9-7-17(8-10-18)21(26)23-22-25-24-20(29-22)13-16-5-11-19(12-6-16)31(27,28)15(3)4/h5-12,14-15H,13H2,1-4H3,(H,23,25,26). The van der Waals surface area contributed by atoms with E-state index >= 15 is 0 Å². The third kappa shape index (κ3) is 5.95. The van der Waals surface area contributed by atoms with Crippen LogP contribution in [0.5, 0.6) is 0 Å². The van der Waals surface area contributed by atoms with Gasteiger partial charge in [-0.05, 0) is 55.8 Å². The molecular weight excluding hydrogens is 434 g/mol. The fraction of sp³-hybridized carbons (Fsp3) is 0.318. The Morgan fingerprint density at radius 2 is 1.65 bits per heavy atom. The normalized spacial score (nSPS) is 11.8. The number of nitrogens with zero attached hydrogens (tertiary/aromatic N) is 2. The van der Waals surface area contributed by atoms with E-state index in [1.165, 1.54) is 0 Å². The van der Waals surface area contributed by atoms with Gasteiger partial charge in [0, 0.05) is 15.7 Å². The Morgan fingerprint density at radius 3 is 2.23 bits per heavy atom. The van der Waals surface area contributed by atoms with Crippen LogP contribution in [-0.2, 0) is 16.3 Å². The average molecular weight is 460 g/mol. The van der Waals surface area contributed by atoms with Crippen LogP contribution in [0.2, 0.25) is 0 Å². The van der Waals surface area contributed by atoms with Crippen LogP contribution >= 0.6 is 11.8 Å². The quantitative estimate of drug-likeness (QED) is 0.491. The highest BCUT2D eigenvalue weighted by Crippen LogP contribution is 2.23. The molecule has 164 valence electrons.